The van der Waals surface area contributed by atoms with Crippen LogP contribution in [0.2, 0.25) is 0 Å². The molecular formula is C21H18FN3O2S. The maximum Gasteiger partial charge on any atom is 0.241 e. The molecule has 1 N–H and O–H groups in total. The van der Waals surface area contributed by atoms with Crippen LogP contribution in [0.3, 0.4) is 0 Å². The monoisotopic (exact) mass is 395 g/mol. The Kier molecular flexibility index (Phi) is 4.70. The molecular weight excluding hydrogens is 377 g/mol. The number of rotatable bonds is 5. The molecule has 7 heteroatoms. The predicted molar refractivity (Wildman–Crippen MR) is 106 cm³/mol. The van der Waals surface area contributed by atoms with Crippen LogP contribution in [0.4, 0.5) is 4.39 Å². The Morgan fingerprint density at radius 3 is 2.39 bits per heavy atom. The van der Waals surface area contributed by atoms with Crippen molar-refractivity contribution in [2.45, 2.75) is 10.9 Å². The Bertz CT molecular complexity index is 1230. The molecule has 0 aliphatic carbocycles. The van der Waals surface area contributed by atoms with E-state index < -0.39 is 16.1 Å². The first-order chi connectivity index (χ1) is 13.4. The number of fused-ring (bicyclic) bond motifs is 1. The summed E-state index contributed by atoms with van der Waals surface area (Å²) in [6.45, 7) is 0. The quantitative estimate of drug-likeness (QED) is 0.559. The second-order valence-electron chi connectivity index (χ2n) is 6.51. The second-order valence-corrected chi connectivity index (χ2v) is 8.23. The Balaban J connectivity index is 1.76. The molecule has 0 bridgehead atoms. The second kappa shape index (κ2) is 7.18. The molecule has 4 rings (SSSR count). The molecule has 1 atom stereocenters. The van der Waals surface area contributed by atoms with Gasteiger partial charge >= 0.3 is 0 Å². The van der Waals surface area contributed by atoms with Gasteiger partial charge in [0.05, 0.1) is 4.90 Å². The number of imidazole rings is 1. The fourth-order valence-electron chi connectivity index (χ4n) is 3.14. The van der Waals surface area contributed by atoms with Crippen LogP contribution < -0.4 is 4.72 Å². The number of hydrogen-bond acceptors (Lipinski definition) is 3. The van der Waals surface area contributed by atoms with Crippen molar-refractivity contribution in [1.82, 2.24) is 14.3 Å². The topological polar surface area (TPSA) is 64.0 Å². The fraction of sp³-hybridized carbons (Fsp3) is 0.0952. The largest absolute Gasteiger partial charge is 0.336 e. The Labute approximate surface area is 162 Å². The number of aryl methyl sites for hydroxylation is 1. The molecule has 28 heavy (non-hydrogen) atoms. The van der Waals surface area contributed by atoms with Crippen molar-refractivity contribution in [1.29, 1.82) is 0 Å². The van der Waals surface area contributed by atoms with E-state index in [0.29, 0.717) is 11.4 Å². The Morgan fingerprint density at radius 2 is 1.71 bits per heavy atom. The number of aromatic nitrogens is 2. The fourth-order valence-corrected chi connectivity index (χ4v) is 4.36. The van der Waals surface area contributed by atoms with Gasteiger partial charge in [0.15, 0.2) is 0 Å². The van der Waals surface area contributed by atoms with E-state index >= 15 is 0 Å². The Morgan fingerprint density at radius 1 is 1.00 bits per heavy atom. The highest BCUT2D eigenvalue weighted by Crippen LogP contribution is 2.25. The molecule has 0 aliphatic rings. The van der Waals surface area contributed by atoms with Gasteiger partial charge in [0.1, 0.15) is 17.7 Å². The van der Waals surface area contributed by atoms with Gasteiger partial charge in [-0.15, -0.1) is 0 Å². The number of hydrogen-bond donors (Lipinski definition) is 1. The van der Waals surface area contributed by atoms with Gasteiger partial charge in [-0.3, -0.25) is 0 Å². The summed E-state index contributed by atoms with van der Waals surface area (Å²) in [4.78, 5) is 4.44. The molecule has 1 heterocycles. The maximum absolute atomic E-state index is 13.4. The molecule has 5 nitrogen and oxygen atoms in total. The molecule has 0 spiro atoms. The van der Waals surface area contributed by atoms with Crippen LogP contribution in [0, 0.1) is 5.82 Å². The summed E-state index contributed by atoms with van der Waals surface area (Å²) in [5.41, 5.74) is 0.597. The molecule has 0 fully saturated rings. The summed E-state index contributed by atoms with van der Waals surface area (Å²) in [6.07, 6.45) is 3.33. The van der Waals surface area contributed by atoms with Crippen LogP contribution in [0.1, 0.15) is 17.4 Å². The van der Waals surface area contributed by atoms with Gasteiger partial charge in [0.2, 0.25) is 10.0 Å². The standard InChI is InChI=1S/C21H18FN3O2S/c1-25-13-12-23-21(25)20(16-6-9-18(22)10-7-16)24-28(26,27)19-11-8-15-4-2-3-5-17(15)14-19/h2-14,20,24H,1H3/t20-/m0/s1. The first kappa shape index (κ1) is 18.3. The summed E-state index contributed by atoms with van der Waals surface area (Å²) in [7, 11) is -2.07. The van der Waals surface area contributed by atoms with Crippen LogP contribution >= 0.6 is 0 Å². The van der Waals surface area contributed by atoms with E-state index in [9.17, 15) is 12.8 Å². The van der Waals surface area contributed by atoms with Crippen LogP contribution in [-0.2, 0) is 17.1 Å². The van der Waals surface area contributed by atoms with Crippen LogP contribution in [0.25, 0.3) is 10.8 Å². The zero-order valence-electron chi connectivity index (χ0n) is 15.1. The molecule has 0 amide bonds. The van der Waals surface area contributed by atoms with Crippen molar-refractivity contribution in [3.63, 3.8) is 0 Å². The molecule has 0 aliphatic heterocycles. The van der Waals surface area contributed by atoms with E-state index in [4.69, 9.17) is 0 Å². The summed E-state index contributed by atoms with van der Waals surface area (Å²) < 4.78 is 44.0. The van der Waals surface area contributed by atoms with E-state index in [1.807, 2.05) is 24.3 Å². The average Bonchev–Trinajstić information content (AvgIpc) is 3.12. The van der Waals surface area contributed by atoms with Crippen molar-refractivity contribution < 1.29 is 12.8 Å². The van der Waals surface area contributed by atoms with Gasteiger partial charge in [-0.1, -0.05) is 42.5 Å². The van der Waals surface area contributed by atoms with Crippen molar-refractivity contribution in [3.8, 4) is 0 Å². The maximum atomic E-state index is 13.4. The summed E-state index contributed by atoms with van der Waals surface area (Å²) >= 11 is 0. The predicted octanol–water partition coefficient (Wildman–Crippen LogP) is 3.78. The third-order valence-corrected chi connectivity index (χ3v) is 6.04. The number of sulfonamides is 1. The number of halogens is 1. The lowest BCUT2D eigenvalue weighted by atomic mass is 10.1. The minimum absolute atomic E-state index is 0.160. The normalized spacial score (nSPS) is 12.9. The first-order valence-corrected chi connectivity index (χ1v) is 10.2. The van der Waals surface area contributed by atoms with Gasteiger partial charge in [-0.25, -0.2) is 17.8 Å². The molecule has 0 saturated heterocycles. The molecule has 0 saturated carbocycles. The van der Waals surface area contributed by atoms with Crippen LogP contribution in [0.5, 0.6) is 0 Å². The van der Waals surface area contributed by atoms with Crippen molar-refractivity contribution in [2.24, 2.45) is 7.05 Å². The van der Waals surface area contributed by atoms with Gasteiger partial charge < -0.3 is 4.57 Å². The zero-order valence-corrected chi connectivity index (χ0v) is 15.9. The minimum atomic E-state index is -3.85. The van der Waals surface area contributed by atoms with E-state index in [0.717, 1.165) is 10.8 Å². The lowest BCUT2D eigenvalue weighted by Crippen LogP contribution is -2.31. The first-order valence-electron chi connectivity index (χ1n) is 8.68. The van der Waals surface area contributed by atoms with Crippen LogP contribution in [0.15, 0.2) is 84.0 Å². The van der Waals surface area contributed by atoms with E-state index in [1.165, 1.54) is 12.1 Å². The van der Waals surface area contributed by atoms with Crippen LogP contribution in [-0.4, -0.2) is 18.0 Å². The summed E-state index contributed by atoms with van der Waals surface area (Å²) in [5, 5.41) is 1.79. The van der Waals surface area contributed by atoms with Gasteiger partial charge in [-0.05, 0) is 40.6 Å². The van der Waals surface area contributed by atoms with E-state index in [-0.39, 0.29) is 10.7 Å². The third kappa shape index (κ3) is 3.54. The molecule has 0 unspecified atom stereocenters. The highest BCUT2D eigenvalue weighted by Gasteiger charge is 2.26. The summed E-state index contributed by atoms with van der Waals surface area (Å²) in [5.74, 6) is 0.121. The smallest absolute Gasteiger partial charge is 0.241 e. The molecule has 142 valence electrons. The number of nitrogens with zero attached hydrogens (tertiary/aromatic N) is 2. The molecule has 4 aromatic rings. The average molecular weight is 395 g/mol. The van der Waals surface area contributed by atoms with E-state index in [1.54, 1.807) is 54.3 Å². The van der Waals surface area contributed by atoms with Gasteiger partial charge in [0.25, 0.3) is 0 Å². The third-order valence-electron chi connectivity index (χ3n) is 4.62. The molecule has 3 aromatic carbocycles. The van der Waals surface area contributed by atoms with Crippen molar-refractivity contribution in [2.75, 3.05) is 0 Å². The van der Waals surface area contributed by atoms with Gasteiger partial charge in [0, 0.05) is 19.4 Å². The van der Waals surface area contributed by atoms with Crippen molar-refractivity contribution >= 4 is 20.8 Å². The number of nitrogens with one attached hydrogen (secondary N) is 1. The van der Waals surface area contributed by atoms with E-state index in [2.05, 4.69) is 9.71 Å². The summed E-state index contributed by atoms with van der Waals surface area (Å²) in [6, 6.07) is 17.5. The minimum Gasteiger partial charge on any atom is -0.336 e. The lowest BCUT2D eigenvalue weighted by Gasteiger charge is -2.19. The lowest BCUT2D eigenvalue weighted by molar-refractivity contribution is 0.562. The SMILES string of the molecule is Cn1ccnc1[C@@H](NS(=O)(=O)c1ccc2ccccc2c1)c1ccc(F)cc1. The zero-order chi connectivity index (χ0) is 19.7. The molecule has 1 aromatic heterocycles. The molecule has 0 radical (unpaired) electrons. The Hall–Kier alpha value is -3.03. The van der Waals surface area contributed by atoms with Crippen molar-refractivity contribution in [3.05, 3.63) is 96.3 Å². The number of benzene rings is 3. The highest BCUT2D eigenvalue weighted by molar-refractivity contribution is 7.89. The highest BCUT2D eigenvalue weighted by atomic mass is 32.2. The van der Waals surface area contributed by atoms with Gasteiger partial charge in [-0.2, -0.15) is 4.72 Å².